The van der Waals surface area contributed by atoms with Crippen LogP contribution in [0.3, 0.4) is 0 Å². The smallest absolute Gasteiger partial charge is 0.238 e. The van der Waals surface area contributed by atoms with E-state index in [9.17, 15) is 4.79 Å². The van der Waals surface area contributed by atoms with E-state index in [2.05, 4.69) is 15.6 Å². The summed E-state index contributed by atoms with van der Waals surface area (Å²) in [5.41, 5.74) is 2.62. The molecule has 1 aromatic rings. The topological polar surface area (TPSA) is 54.0 Å². The number of nitrogens with one attached hydrogen (secondary N) is 2. The van der Waals surface area contributed by atoms with E-state index >= 15 is 0 Å². The summed E-state index contributed by atoms with van der Waals surface area (Å²) >= 11 is 0. The first-order valence-electron chi connectivity index (χ1n) is 5.62. The number of carbonyl (C=O) groups excluding carboxylic acids is 1. The standard InChI is InChI=1S/C12H17N3O/c1-8-3-6-11(9(2)14-8)15-12(16)7-13-10-4-5-10/h3,6,10,13H,4-5,7H2,1-2H3,(H,15,16). The second kappa shape index (κ2) is 4.61. The normalized spacial score (nSPS) is 14.9. The second-order valence-corrected chi connectivity index (χ2v) is 4.29. The summed E-state index contributed by atoms with van der Waals surface area (Å²) in [5, 5.41) is 6.03. The number of anilines is 1. The van der Waals surface area contributed by atoms with E-state index in [4.69, 9.17) is 0 Å². The van der Waals surface area contributed by atoms with Crippen LogP contribution in [-0.2, 0) is 4.79 Å². The van der Waals surface area contributed by atoms with Gasteiger partial charge in [-0.3, -0.25) is 9.78 Å². The van der Waals surface area contributed by atoms with E-state index in [0.717, 1.165) is 17.1 Å². The minimum Gasteiger partial charge on any atom is -0.323 e. The molecule has 1 aliphatic rings. The lowest BCUT2D eigenvalue weighted by Crippen LogP contribution is -2.29. The highest BCUT2D eigenvalue weighted by Gasteiger charge is 2.21. The zero-order valence-corrected chi connectivity index (χ0v) is 9.71. The van der Waals surface area contributed by atoms with Crippen LogP contribution in [0, 0.1) is 13.8 Å². The van der Waals surface area contributed by atoms with Crippen molar-refractivity contribution in [2.24, 2.45) is 0 Å². The van der Waals surface area contributed by atoms with E-state index in [1.165, 1.54) is 12.8 Å². The van der Waals surface area contributed by atoms with Gasteiger partial charge in [0, 0.05) is 11.7 Å². The molecule has 86 valence electrons. The summed E-state index contributed by atoms with van der Waals surface area (Å²) < 4.78 is 0. The maximum absolute atomic E-state index is 11.6. The van der Waals surface area contributed by atoms with Gasteiger partial charge in [0.25, 0.3) is 0 Å². The fraction of sp³-hybridized carbons (Fsp3) is 0.500. The SMILES string of the molecule is Cc1ccc(NC(=O)CNC2CC2)c(C)n1. The lowest BCUT2D eigenvalue weighted by molar-refractivity contribution is -0.115. The highest BCUT2D eigenvalue weighted by atomic mass is 16.1. The predicted molar refractivity (Wildman–Crippen MR) is 63.4 cm³/mol. The number of pyridine rings is 1. The molecule has 1 aromatic heterocycles. The molecule has 4 heteroatoms. The fourth-order valence-electron chi connectivity index (χ4n) is 1.54. The number of aromatic nitrogens is 1. The van der Waals surface area contributed by atoms with Crippen molar-refractivity contribution in [1.29, 1.82) is 0 Å². The van der Waals surface area contributed by atoms with E-state index in [1.54, 1.807) is 0 Å². The molecule has 2 rings (SSSR count). The lowest BCUT2D eigenvalue weighted by atomic mass is 10.2. The molecule has 1 aliphatic carbocycles. The molecule has 1 amide bonds. The summed E-state index contributed by atoms with van der Waals surface area (Å²) in [7, 11) is 0. The van der Waals surface area contributed by atoms with Crippen LogP contribution < -0.4 is 10.6 Å². The number of nitrogens with zero attached hydrogens (tertiary/aromatic N) is 1. The maximum Gasteiger partial charge on any atom is 0.238 e. The Bertz CT molecular complexity index is 399. The Hall–Kier alpha value is -1.42. The first-order chi connectivity index (χ1) is 7.65. The Kier molecular flexibility index (Phi) is 3.19. The molecule has 0 bridgehead atoms. The highest BCUT2D eigenvalue weighted by Crippen LogP contribution is 2.18. The summed E-state index contributed by atoms with van der Waals surface area (Å²) in [6.45, 7) is 4.22. The number of rotatable bonds is 4. The van der Waals surface area contributed by atoms with Gasteiger partial charge in [0.1, 0.15) is 0 Å². The molecule has 2 N–H and O–H groups in total. The zero-order chi connectivity index (χ0) is 11.5. The largest absolute Gasteiger partial charge is 0.323 e. The van der Waals surface area contributed by atoms with E-state index in [1.807, 2.05) is 26.0 Å². The molecule has 16 heavy (non-hydrogen) atoms. The third-order valence-corrected chi connectivity index (χ3v) is 2.63. The van der Waals surface area contributed by atoms with Crippen LogP contribution in [0.25, 0.3) is 0 Å². The molecule has 0 unspecified atom stereocenters. The Morgan fingerprint density at radius 1 is 1.44 bits per heavy atom. The number of hydrogen-bond acceptors (Lipinski definition) is 3. The van der Waals surface area contributed by atoms with Crippen molar-refractivity contribution in [2.75, 3.05) is 11.9 Å². The Morgan fingerprint density at radius 3 is 2.81 bits per heavy atom. The van der Waals surface area contributed by atoms with Gasteiger partial charge in [-0.05, 0) is 38.8 Å². The van der Waals surface area contributed by atoms with Gasteiger partial charge >= 0.3 is 0 Å². The van der Waals surface area contributed by atoms with Gasteiger partial charge in [-0.25, -0.2) is 0 Å². The van der Waals surface area contributed by atoms with Crippen LogP contribution in [0.5, 0.6) is 0 Å². The number of hydrogen-bond donors (Lipinski definition) is 2. The van der Waals surface area contributed by atoms with Gasteiger partial charge in [-0.15, -0.1) is 0 Å². The first kappa shape index (κ1) is 11.1. The molecule has 0 radical (unpaired) electrons. The van der Waals surface area contributed by atoms with E-state index < -0.39 is 0 Å². The first-order valence-corrected chi connectivity index (χ1v) is 5.62. The Balaban J connectivity index is 1.89. The van der Waals surface area contributed by atoms with Crippen LogP contribution in [0.1, 0.15) is 24.2 Å². The van der Waals surface area contributed by atoms with Crippen molar-refractivity contribution in [3.05, 3.63) is 23.5 Å². The molecule has 1 heterocycles. The van der Waals surface area contributed by atoms with Gasteiger partial charge < -0.3 is 10.6 Å². The molecule has 1 fully saturated rings. The van der Waals surface area contributed by atoms with Crippen molar-refractivity contribution < 1.29 is 4.79 Å². The van der Waals surface area contributed by atoms with Crippen LogP contribution in [0.2, 0.25) is 0 Å². The maximum atomic E-state index is 11.6. The van der Waals surface area contributed by atoms with E-state index in [0.29, 0.717) is 12.6 Å². The Morgan fingerprint density at radius 2 is 2.19 bits per heavy atom. The minimum absolute atomic E-state index is 0.000605. The predicted octanol–water partition coefficient (Wildman–Crippen LogP) is 1.39. The number of aryl methyl sites for hydroxylation is 2. The summed E-state index contributed by atoms with van der Waals surface area (Å²) in [6.07, 6.45) is 2.39. The lowest BCUT2D eigenvalue weighted by Gasteiger charge is -2.08. The van der Waals surface area contributed by atoms with Crippen LogP contribution in [0.15, 0.2) is 12.1 Å². The fourth-order valence-corrected chi connectivity index (χ4v) is 1.54. The monoisotopic (exact) mass is 219 g/mol. The van der Waals surface area contributed by atoms with Gasteiger partial charge in [0.05, 0.1) is 17.9 Å². The number of carbonyl (C=O) groups is 1. The zero-order valence-electron chi connectivity index (χ0n) is 9.71. The van der Waals surface area contributed by atoms with Crippen molar-refractivity contribution in [1.82, 2.24) is 10.3 Å². The summed E-state index contributed by atoms with van der Waals surface area (Å²) in [4.78, 5) is 15.9. The van der Waals surface area contributed by atoms with Crippen molar-refractivity contribution in [3.63, 3.8) is 0 Å². The molecular weight excluding hydrogens is 202 g/mol. The second-order valence-electron chi connectivity index (χ2n) is 4.29. The van der Waals surface area contributed by atoms with Gasteiger partial charge in [0.15, 0.2) is 0 Å². The molecule has 1 saturated carbocycles. The molecule has 4 nitrogen and oxygen atoms in total. The Labute approximate surface area is 95.5 Å². The summed E-state index contributed by atoms with van der Waals surface area (Å²) in [5.74, 6) is 0.000605. The molecule has 0 aliphatic heterocycles. The van der Waals surface area contributed by atoms with Crippen LogP contribution in [0.4, 0.5) is 5.69 Å². The van der Waals surface area contributed by atoms with Gasteiger partial charge in [-0.2, -0.15) is 0 Å². The summed E-state index contributed by atoms with van der Waals surface area (Å²) in [6, 6.07) is 4.35. The average Bonchev–Trinajstić information content (AvgIpc) is 3.03. The molecular formula is C12H17N3O. The van der Waals surface area contributed by atoms with Crippen molar-refractivity contribution in [2.45, 2.75) is 32.7 Å². The van der Waals surface area contributed by atoms with Crippen molar-refractivity contribution in [3.8, 4) is 0 Å². The molecule has 0 spiro atoms. The minimum atomic E-state index is 0.000605. The van der Waals surface area contributed by atoms with Gasteiger partial charge in [-0.1, -0.05) is 0 Å². The third kappa shape index (κ3) is 3.03. The van der Waals surface area contributed by atoms with Crippen LogP contribution >= 0.6 is 0 Å². The highest BCUT2D eigenvalue weighted by molar-refractivity contribution is 5.92. The quantitative estimate of drug-likeness (QED) is 0.804. The van der Waals surface area contributed by atoms with Crippen molar-refractivity contribution >= 4 is 11.6 Å². The van der Waals surface area contributed by atoms with Crippen LogP contribution in [-0.4, -0.2) is 23.5 Å². The molecule has 0 saturated heterocycles. The van der Waals surface area contributed by atoms with E-state index in [-0.39, 0.29) is 5.91 Å². The molecule has 0 atom stereocenters. The third-order valence-electron chi connectivity index (χ3n) is 2.63. The average molecular weight is 219 g/mol. The molecule has 0 aromatic carbocycles. The number of amides is 1. The van der Waals surface area contributed by atoms with Gasteiger partial charge in [0.2, 0.25) is 5.91 Å².